The number of hydrogen-bond acceptors (Lipinski definition) is 4. The number of ether oxygens (including phenoxy) is 1. The summed E-state index contributed by atoms with van der Waals surface area (Å²) in [6, 6.07) is -0.626. The maximum absolute atomic E-state index is 12.2. The average Bonchev–Trinajstić information content (AvgIpc) is 2.27. The minimum Gasteiger partial charge on any atom is -0.481 e. The SMILES string of the molecule is CC(C)(C)C(N)CC(=O)N1CCOCC1CC(=O)O. The zero-order valence-electron chi connectivity index (χ0n) is 11.9. The van der Waals surface area contributed by atoms with Crippen molar-refractivity contribution < 1.29 is 19.4 Å². The summed E-state index contributed by atoms with van der Waals surface area (Å²) in [4.78, 5) is 24.6. The van der Waals surface area contributed by atoms with Gasteiger partial charge in [0.05, 0.1) is 25.7 Å². The van der Waals surface area contributed by atoms with Crippen molar-refractivity contribution in [2.45, 2.75) is 45.7 Å². The molecule has 0 spiro atoms. The summed E-state index contributed by atoms with van der Waals surface area (Å²) in [5.41, 5.74) is 5.86. The third-order valence-corrected chi connectivity index (χ3v) is 3.47. The van der Waals surface area contributed by atoms with E-state index in [1.54, 1.807) is 4.90 Å². The number of nitrogens with zero attached hydrogens (tertiary/aromatic N) is 1. The smallest absolute Gasteiger partial charge is 0.305 e. The van der Waals surface area contributed by atoms with Gasteiger partial charge in [-0.3, -0.25) is 9.59 Å². The molecule has 3 N–H and O–H groups in total. The van der Waals surface area contributed by atoms with Crippen LogP contribution < -0.4 is 5.73 Å². The van der Waals surface area contributed by atoms with E-state index in [1.165, 1.54) is 0 Å². The van der Waals surface area contributed by atoms with Gasteiger partial charge in [0.15, 0.2) is 0 Å². The number of rotatable bonds is 4. The molecule has 19 heavy (non-hydrogen) atoms. The lowest BCUT2D eigenvalue weighted by Gasteiger charge is -2.36. The second-order valence-electron chi connectivity index (χ2n) is 6.09. The van der Waals surface area contributed by atoms with Crippen LogP contribution >= 0.6 is 0 Å². The van der Waals surface area contributed by atoms with E-state index < -0.39 is 5.97 Å². The van der Waals surface area contributed by atoms with E-state index in [4.69, 9.17) is 15.6 Å². The van der Waals surface area contributed by atoms with E-state index in [-0.39, 0.29) is 42.9 Å². The Labute approximate surface area is 113 Å². The van der Waals surface area contributed by atoms with Crippen LogP contribution in [0.2, 0.25) is 0 Å². The number of amides is 1. The highest BCUT2D eigenvalue weighted by atomic mass is 16.5. The number of hydrogen-bond donors (Lipinski definition) is 2. The van der Waals surface area contributed by atoms with Crippen molar-refractivity contribution in [3.8, 4) is 0 Å². The van der Waals surface area contributed by atoms with E-state index in [1.807, 2.05) is 20.8 Å². The fraction of sp³-hybridized carbons (Fsp3) is 0.846. The molecule has 1 rings (SSSR count). The van der Waals surface area contributed by atoms with Crippen LogP contribution in [0, 0.1) is 5.41 Å². The Morgan fingerprint density at radius 2 is 2.11 bits per heavy atom. The first kappa shape index (κ1) is 15.9. The number of carbonyl (C=O) groups is 2. The summed E-state index contributed by atoms with van der Waals surface area (Å²) in [5.74, 6) is -1.01. The lowest BCUT2D eigenvalue weighted by molar-refractivity contribution is -0.146. The standard InChI is InChI=1S/C13H24N2O4/c1-13(2,3)10(14)7-11(16)15-4-5-19-8-9(15)6-12(17)18/h9-10H,4-8,14H2,1-3H3,(H,17,18). The highest BCUT2D eigenvalue weighted by Crippen LogP contribution is 2.21. The van der Waals surface area contributed by atoms with Gasteiger partial charge in [0.1, 0.15) is 0 Å². The third-order valence-electron chi connectivity index (χ3n) is 3.47. The number of carbonyl (C=O) groups excluding carboxylic acids is 1. The fourth-order valence-electron chi connectivity index (χ4n) is 1.97. The van der Waals surface area contributed by atoms with Crippen LogP contribution in [0.15, 0.2) is 0 Å². The van der Waals surface area contributed by atoms with E-state index in [9.17, 15) is 9.59 Å². The molecule has 2 atom stereocenters. The van der Waals surface area contributed by atoms with Gasteiger partial charge in [0.25, 0.3) is 0 Å². The maximum Gasteiger partial charge on any atom is 0.305 e. The Morgan fingerprint density at radius 1 is 1.47 bits per heavy atom. The van der Waals surface area contributed by atoms with Gasteiger partial charge in [-0.1, -0.05) is 20.8 Å². The number of carboxylic acids is 1. The predicted molar refractivity (Wildman–Crippen MR) is 70.6 cm³/mol. The monoisotopic (exact) mass is 272 g/mol. The summed E-state index contributed by atoms with van der Waals surface area (Å²) >= 11 is 0. The van der Waals surface area contributed by atoms with Gasteiger partial charge < -0.3 is 20.5 Å². The lowest BCUT2D eigenvalue weighted by atomic mass is 9.85. The highest BCUT2D eigenvalue weighted by molar-refractivity contribution is 5.78. The Balaban J connectivity index is 2.64. The molecule has 1 amide bonds. The molecule has 2 unspecified atom stereocenters. The molecule has 0 bridgehead atoms. The summed E-state index contributed by atoms with van der Waals surface area (Å²) in [7, 11) is 0. The lowest BCUT2D eigenvalue weighted by Crippen LogP contribution is -2.51. The zero-order valence-corrected chi connectivity index (χ0v) is 11.9. The molecule has 0 aromatic carbocycles. The molecule has 1 aliphatic heterocycles. The molecule has 0 saturated carbocycles. The van der Waals surface area contributed by atoms with Crippen molar-refractivity contribution in [2.75, 3.05) is 19.8 Å². The van der Waals surface area contributed by atoms with E-state index in [0.717, 1.165) is 0 Å². The Bertz CT molecular complexity index is 338. The van der Waals surface area contributed by atoms with E-state index >= 15 is 0 Å². The molecular formula is C13H24N2O4. The molecule has 6 nitrogen and oxygen atoms in total. The first-order valence-corrected chi connectivity index (χ1v) is 6.56. The van der Waals surface area contributed by atoms with Gasteiger partial charge in [-0.2, -0.15) is 0 Å². The van der Waals surface area contributed by atoms with Crippen LogP contribution in [0.5, 0.6) is 0 Å². The molecule has 0 aliphatic carbocycles. The molecule has 1 heterocycles. The first-order chi connectivity index (χ1) is 8.71. The first-order valence-electron chi connectivity index (χ1n) is 6.56. The van der Waals surface area contributed by atoms with E-state index in [2.05, 4.69) is 0 Å². The maximum atomic E-state index is 12.2. The summed E-state index contributed by atoms with van der Waals surface area (Å²) in [5, 5.41) is 8.86. The molecule has 0 radical (unpaired) electrons. The van der Waals surface area contributed by atoms with Gasteiger partial charge in [-0.05, 0) is 5.41 Å². The van der Waals surface area contributed by atoms with Gasteiger partial charge in [-0.25, -0.2) is 0 Å². The molecular weight excluding hydrogens is 248 g/mol. The minimum atomic E-state index is -0.923. The second-order valence-corrected chi connectivity index (χ2v) is 6.09. The molecule has 1 aliphatic rings. The molecule has 110 valence electrons. The summed E-state index contributed by atoms with van der Waals surface area (Å²) < 4.78 is 5.25. The van der Waals surface area contributed by atoms with Crippen molar-refractivity contribution in [1.82, 2.24) is 4.90 Å². The van der Waals surface area contributed by atoms with Crippen LogP contribution in [0.25, 0.3) is 0 Å². The van der Waals surface area contributed by atoms with Crippen molar-refractivity contribution >= 4 is 11.9 Å². The molecule has 0 aromatic heterocycles. The van der Waals surface area contributed by atoms with Gasteiger partial charge in [0.2, 0.25) is 5.91 Å². The Hall–Kier alpha value is -1.14. The van der Waals surface area contributed by atoms with Gasteiger partial charge >= 0.3 is 5.97 Å². The van der Waals surface area contributed by atoms with Crippen LogP contribution in [0.3, 0.4) is 0 Å². The number of morpholine rings is 1. The zero-order chi connectivity index (χ0) is 14.6. The highest BCUT2D eigenvalue weighted by Gasteiger charge is 2.32. The topological polar surface area (TPSA) is 92.9 Å². The van der Waals surface area contributed by atoms with Crippen LogP contribution in [-0.2, 0) is 14.3 Å². The van der Waals surface area contributed by atoms with Crippen molar-refractivity contribution in [3.05, 3.63) is 0 Å². The fourth-order valence-corrected chi connectivity index (χ4v) is 1.97. The second kappa shape index (κ2) is 6.34. The molecule has 1 fully saturated rings. The number of carboxylic acid groups (broad SMARTS) is 1. The normalized spacial score (nSPS) is 22.1. The molecule has 0 aromatic rings. The number of aliphatic carboxylic acids is 1. The number of nitrogens with two attached hydrogens (primary N) is 1. The Morgan fingerprint density at radius 3 is 2.63 bits per heavy atom. The van der Waals surface area contributed by atoms with Gasteiger partial charge in [-0.15, -0.1) is 0 Å². The predicted octanol–water partition coefficient (Wildman–Crippen LogP) is 0.452. The molecule has 6 heteroatoms. The molecule has 1 saturated heterocycles. The van der Waals surface area contributed by atoms with Crippen LogP contribution in [0.1, 0.15) is 33.6 Å². The van der Waals surface area contributed by atoms with Crippen molar-refractivity contribution in [3.63, 3.8) is 0 Å². The summed E-state index contributed by atoms with van der Waals surface area (Å²) in [6.45, 7) is 7.13. The summed E-state index contributed by atoms with van der Waals surface area (Å²) in [6.07, 6.45) is 0.149. The largest absolute Gasteiger partial charge is 0.481 e. The third kappa shape index (κ3) is 4.80. The van der Waals surface area contributed by atoms with Gasteiger partial charge in [0, 0.05) is 19.0 Å². The Kier molecular flexibility index (Phi) is 5.31. The van der Waals surface area contributed by atoms with Crippen molar-refractivity contribution in [2.24, 2.45) is 11.1 Å². The van der Waals surface area contributed by atoms with Crippen LogP contribution in [0.4, 0.5) is 0 Å². The van der Waals surface area contributed by atoms with Crippen molar-refractivity contribution in [1.29, 1.82) is 0 Å². The minimum absolute atomic E-state index is 0.0861. The van der Waals surface area contributed by atoms with Crippen LogP contribution in [-0.4, -0.2) is 53.7 Å². The quantitative estimate of drug-likeness (QED) is 0.775. The average molecular weight is 272 g/mol. The van der Waals surface area contributed by atoms with E-state index in [0.29, 0.717) is 13.2 Å².